The van der Waals surface area contributed by atoms with Gasteiger partial charge in [0.1, 0.15) is 0 Å². The van der Waals surface area contributed by atoms with E-state index in [-0.39, 0.29) is 19.4 Å². The first-order valence-electron chi connectivity index (χ1n) is 9.77. The number of nitrogens with zero attached hydrogens (tertiary/aromatic N) is 1. The third kappa shape index (κ3) is 3.38. The Balaban J connectivity index is 1.47. The van der Waals surface area contributed by atoms with Gasteiger partial charge in [-0.3, -0.25) is 0 Å². The van der Waals surface area contributed by atoms with Crippen LogP contribution < -0.4 is 0 Å². The van der Waals surface area contributed by atoms with Gasteiger partial charge in [-0.05, 0) is 12.0 Å². The van der Waals surface area contributed by atoms with Gasteiger partial charge in [-0.2, -0.15) is 0 Å². The van der Waals surface area contributed by atoms with E-state index in [1.807, 2.05) is 0 Å². The van der Waals surface area contributed by atoms with Crippen LogP contribution in [0.15, 0.2) is 30.3 Å². The van der Waals surface area contributed by atoms with E-state index in [9.17, 15) is 18.7 Å². The summed E-state index contributed by atoms with van der Waals surface area (Å²) < 4.78 is 34.1. The fourth-order valence-electron chi connectivity index (χ4n) is 5.33. The van der Waals surface area contributed by atoms with Crippen molar-refractivity contribution in [3.05, 3.63) is 35.9 Å². The van der Waals surface area contributed by atoms with Crippen LogP contribution >= 0.6 is 0 Å². The maximum Gasteiger partial charge on any atom is 0.343 e. The molecule has 148 valence electrons. The van der Waals surface area contributed by atoms with Crippen molar-refractivity contribution < 1.29 is 27.9 Å². The first-order chi connectivity index (χ1) is 12.6. The number of quaternary nitrogens is 1. The zero-order chi connectivity index (χ0) is 19.4. The Morgan fingerprint density at radius 1 is 1.26 bits per heavy atom. The van der Waals surface area contributed by atoms with Gasteiger partial charge in [-0.25, -0.2) is 13.6 Å². The maximum absolute atomic E-state index is 13.8. The van der Waals surface area contributed by atoms with Crippen molar-refractivity contribution in [3.63, 3.8) is 0 Å². The van der Waals surface area contributed by atoms with Crippen LogP contribution in [0.5, 0.6) is 0 Å². The minimum atomic E-state index is -2.84. The van der Waals surface area contributed by atoms with Crippen LogP contribution in [0.1, 0.15) is 24.8 Å². The first-order valence-corrected chi connectivity index (χ1v) is 9.77. The molecule has 1 aromatic rings. The number of carbonyl (C=O) groups is 1. The van der Waals surface area contributed by atoms with E-state index in [1.54, 1.807) is 30.3 Å². The topological polar surface area (TPSA) is 46.5 Å². The van der Waals surface area contributed by atoms with Gasteiger partial charge in [0.25, 0.3) is 0 Å². The van der Waals surface area contributed by atoms with Gasteiger partial charge in [0.15, 0.2) is 5.60 Å². The van der Waals surface area contributed by atoms with Crippen molar-refractivity contribution in [2.75, 3.05) is 33.8 Å². The standard InChI is InChI=1S/C21H28F2NO3/c1-24(2)11-16-17(12-24)18(16)13-27-19(25)21(26,14-6-4-3-5-7-14)15-8-9-20(22,23)10-15/h3-7,15-18,26H,8-13H2,1-2H3/q+1/t15?,16?,17?,18?,21-/m0/s1. The third-order valence-electron chi connectivity index (χ3n) is 6.85. The number of esters is 1. The molecule has 0 radical (unpaired) electrons. The summed E-state index contributed by atoms with van der Waals surface area (Å²) in [7, 11) is 4.40. The summed E-state index contributed by atoms with van der Waals surface area (Å²) in [5.41, 5.74) is -1.67. The number of benzene rings is 1. The van der Waals surface area contributed by atoms with Crippen molar-refractivity contribution in [1.82, 2.24) is 0 Å². The second-order valence-corrected chi connectivity index (χ2v) is 9.32. The highest BCUT2D eigenvalue weighted by Crippen LogP contribution is 2.54. The molecule has 1 aliphatic heterocycles. The number of aliphatic hydroxyl groups is 1. The van der Waals surface area contributed by atoms with Crippen LogP contribution in [-0.2, 0) is 15.1 Å². The molecule has 1 saturated heterocycles. The van der Waals surface area contributed by atoms with Crippen molar-refractivity contribution >= 4 is 5.97 Å². The molecule has 0 aromatic heterocycles. The average Bonchev–Trinajstić information content (AvgIpc) is 2.91. The Hall–Kier alpha value is -1.53. The van der Waals surface area contributed by atoms with Gasteiger partial charge < -0.3 is 14.3 Å². The Labute approximate surface area is 158 Å². The summed E-state index contributed by atoms with van der Waals surface area (Å²) in [6.07, 6.45) is -0.693. The number of hydrogen-bond acceptors (Lipinski definition) is 3. The number of halogens is 2. The van der Waals surface area contributed by atoms with Gasteiger partial charge >= 0.3 is 5.97 Å². The van der Waals surface area contributed by atoms with E-state index in [0.717, 1.165) is 17.6 Å². The number of hydrogen-bond donors (Lipinski definition) is 1. The summed E-state index contributed by atoms with van der Waals surface area (Å²) in [4.78, 5) is 12.9. The van der Waals surface area contributed by atoms with Gasteiger partial charge in [-0.15, -0.1) is 0 Å². The van der Waals surface area contributed by atoms with E-state index in [2.05, 4.69) is 14.1 Å². The molecular formula is C21H28F2NO3+. The van der Waals surface area contributed by atoms with E-state index in [1.165, 1.54) is 0 Å². The molecule has 2 saturated carbocycles. The van der Waals surface area contributed by atoms with Crippen LogP contribution in [-0.4, -0.2) is 55.3 Å². The predicted octanol–water partition coefficient (Wildman–Crippen LogP) is 2.81. The number of carbonyl (C=O) groups excluding carboxylic acids is 1. The Morgan fingerprint density at radius 3 is 2.44 bits per heavy atom. The van der Waals surface area contributed by atoms with Gasteiger partial charge in [0, 0.05) is 36.5 Å². The molecule has 0 spiro atoms. The molecule has 0 amide bonds. The number of fused-ring (bicyclic) bond motifs is 1. The maximum atomic E-state index is 13.8. The van der Waals surface area contributed by atoms with Gasteiger partial charge in [0.2, 0.25) is 5.92 Å². The van der Waals surface area contributed by atoms with Gasteiger partial charge in [-0.1, -0.05) is 30.3 Å². The number of rotatable bonds is 5. The number of ether oxygens (including phenoxy) is 1. The molecule has 6 heteroatoms. The second kappa shape index (κ2) is 6.24. The lowest BCUT2D eigenvalue weighted by Crippen LogP contribution is -2.44. The largest absolute Gasteiger partial charge is 0.463 e. The quantitative estimate of drug-likeness (QED) is 0.631. The zero-order valence-corrected chi connectivity index (χ0v) is 15.9. The van der Waals surface area contributed by atoms with E-state index >= 15 is 0 Å². The molecule has 3 aliphatic rings. The minimum absolute atomic E-state index is 0.105. The zero-order valence-electron chi connectivity index (χ0n) is 15.9. The molecule has 1 heterocycles. The Morgan fingerprint density at radius 2 is 1.89 bits per heavy atom. The number of piperidine rings is 1. The average molecular weight is 380 g/mol. The summed E-state index contributed by atoms with van der Waals surface area (Å²) in [5, 5.41) is 11.3. The van der Waals surface area contributed by atoms with E-state index in [4.69, 9.17) is 4.74 Å². The molecule has 1 aromatic carbocycles. The third-order valence-corrected chi connectivity index (χ3v) is 6.85. The lowest BCUT2D eigenvalue weighted by molar-refractivity contribution is -0.883. The highest BCUT2D eigenvalue weighted by Gasteiger charge is 2.62. The highest BCUT2D eigenvalue weighted by molar-refractivity contribution is 5.81. The van der Waals surface area contributed by atoms with Gasteiger partial charge in [0.05, 0.1) is 33.8 Å². The monoisotopic (exact) mass is 380 g/mol. The van der Waals surface area contributed by atoms with Crippen molar-refractivity contribution in [2.45, 2.75) is 30.8 Å². The molecule has 1 N–H and O–H groups in total. The Kier molecular flexibility index (Phi) is 4.35. The smallest absolute Gasteiger partial charge is 0.343 e. The summed E-state index contributed by atoms with van der Waals surface area (Å²) >= 11 is 0. The summed E-state index contributed by atoms with van der Waals surface area (Å²) in [5.74, 6) is -3.00. The number of likely N-dealkylation sites (tertiary alicyclic amines) is 1. The van der Waals surface area contributed by atoms with Crippen LogP contribution in [0.4, 0.5) is 8.78 Å². The SMILES string of the molecule is C[N+]1(C)CC2C(COC(=O)[C@](O)(c3ccccc3)C3CCC(F)(F)C3)C2C1. The summed E-state index contributed by atoms with van der Waals surface area (Å²) in [6, 6.07) is 8.40. The molecular weight excluding hydrogens is 352 g/mol. The van der Waals surface area contributed by atoms with Crippen molar-refractivity contribution in [3.8, 4) is 0 Å². The fraction of sp³-hybridized carbons (Fsp3) is 0.667. The molecule has 0 bridgehead atoms. The van der Waals surface area contributed by atoms with E-state index in [0.29, 0.717) is 23.3 Å². The molecule has 2 aliphatic carbocycles. The lowest BCUT2D eigenvalue weighted by atomic mass is 9.80. The van der Waals surface area contributed by atoms with Crippen LogP contribution in [0.2, 0.25) is 0 Å². The van der Waals surface area contributed by atoms with Crippen LogP contribution in [0, 0.1) is 23.7 Å². The van der Waals surface area contributed by atoms with Crippen LogP contribution in [0.25, 0.3) is 0 Å². The molecule has 3 unspecified atom stereocenters. The Bertz CT molecular complexity index is 709. The molecule has 4 nitrogen and oxygen atoms in total. The normalized spacial score (nSPS) is 35.3. The molecule has 3 fully saturated rings. The summed E-state index contributed by atoms with van der Waals surface area (Å²) in [6.45, 7) is 2.42. The lowest BCUT2D eigenvalue weighted by Gasteiger charge is -2.32. The minimum Gasteiger partial charge on any atom is -0.463 e. The first kappa shape index (κ1) is 18.8. The molecule has 4 rings (SSSR count). The molecule has 27 heavy (non-hydrogen) atoms. The number of alkyl halides is 2. The van der Waals surface area contributed by atoms with E-state index < -0.39 is 29.8 Å². The highest BCUT2D eigenvalue weighted by atomic mass is 19.3. The fourth-order valence-corrected chi connectivity index (χ4v) is 5.33. The molecule has 4 atom stereocenters. The second-order valence-electron chi connectivity index (χ2n) is 9.32. The van der Waals surface area contributed by atoms with Crippen molar-refractivity contribution in [2.24, 2.45) is 23.7 Å². The predicted molar refractivity (Wildman–Crippen MR) is 95.9 cm³/mol. The van der Waals surface area contributed by atoms with Crippen molar-refractivity contribution in [1.29, 1.82) is 0 Å². The van der Waals surface area contributed by atoms with Crippen LogP contribution in [0.3, 0.4) is 0 Å².